The Bertz CT molecular complexity index is 463. The first-order valence-corrected chi connectivity index (χ1v) is 7.42. The maximum atomic E-state index is 12.4. The van der Waals surface area contributed by atoms with Crippen molar-refractivity contribution in [1.82, 2.24) is 9.80 Å². The molecule has 0 saturated heterocycles. The minimum Gasteiger partial charge on any atom is -0.308 e. The fourth-order valence-corrected chi connectivity index (χ4v) is 2.16. The molecule has 1 aromatic carbocycles. The zero-order valence-electron chi connectivity index (χ0n) is 14.0. The van der Waals surface area contributed by atoms with Gasteiger partial charge in [-0.2, -0.15) is 0 Å². The van der Waals surface area contributed by atoms with E-state index in [1.54, 1.807) is 6.08 Å². The van der Waals surface area contributed by atoms with Crippen molar-refractivity contribution in [3.8, 4) is 0 Å². The molecule has 21 heavy (non-hydrogen) atoms. The lowest BCUT2D eigenvalue weighted by Crippen LogP contribution is -2.39. The van der Waals surface area contributed by atoms with Crippen LogP contribution in [0.4, 0.5) is 0 Å². The molecule has 3 nitrogen and oxygen atoms in total. The summed E-state index contributed by atoms with van der Waals surface area (Å²) < 4.78 is 0. The summed E-state index contributed by atoms with van der Waals surface area (Å²) in [6.07, 6.45) is 3.60. The van der Waals surface area contributed by atoms with Gasteiger partial charge in [0.1, 0.15) is 0 Å². The first-order chi connectivity index (χ1) is 9.81. The number of hydrogen-bond donors (Lipinski definition) is 0. The predicted octanol–water partition coefficient (Wildman–Crippen LogP) is 2.79. The van der Waals surface area contributed by atoms with Gasteiger partial charge in [-0.25, -0.2) is 0 Å². The first kappa shape index (κ1) is 17.6. The lowest BCUT2D eigenvalue weighted by molar-refractivity contribution is -0.122. The number of carbonyl (C=O) groups is 1. The van der Waals surface area contributed by atoms with Crippen molar-refractivity contribution < 1.29 is 4.79 Å². The molecule has 0 fully saturated rings. The lowest BCUT2D eigenvalue weighted by atomic mass is 9.87. The van der Waals surface area contributed by atoms with Gasteiger partial charge in [0.15, 0.2) is 5.78 Å². The molecular formula is C18H28N2O. The quantitative estimate of drug-likeness (QED) is 0.687. The summed E-state index contributed by atoms with van der Waals surface area (Å²) in [4.78, 5) is 16.8. The summed E-state index contributed by atoms with van der Waals surface area (Å²) in [7, 11) is 6.19. The fraction of sp³-hybridized carbons (Fsp3) is 0.500. The van der Waals surface area contributed by atoms with Gasteiger partial charge < -0.3 is 9.80 Å². The van der Waals surface area contributed by atoms with Crippen molar-refractivity contribution in [2.45, 2.75) is 13.8 Å². The number of hydrogen-bond acceptors (Lipinski definition) is 3. The molecule has 1 aromatic rings. The molecule has 0 spiro atoms. The number of likely N-dealkylation sites (N-methyl/N-ethyl adjacent to an activating group) is 2. The first-order valence-electron chi connectivity index (χ1n) is 7.42. The monoisotopic (exact) mass is 288 g/mol. The number of nitrogens with zero attached hydrogens (tertiary/aromatic N) is 2. The third-order valence-electron chi connectivity index (χ3n) is 3.49. The zero-order chi connectivity index (χ0) is 15.9. The largest absolute Gasteiger partial charge is 0.308 e. The van der Waals surface area contributed by atoms with Crippen LogP contribution in [-0.2, 0) is 4.79 Å². The zero-order valence-corrected chi connectivity index (χ0v) is 14.0. The van der Waals surface area contributed by atoms with Crippen LogP contribution in [0, 0.1) is 5.41 Å². The highest BCUT2D eigenvalue weighted by Gasteiger charge is 2.26. The SMILES string of the molecule is CN(C)CCN(C)CC(C)(C)C(=O)/C=C\c1ccccc1. The van der Waals surface area contributed by atoms with Crippen molar-refractivity contribution >= 4 is 11.9 Å². The van der Waals surface area contributed by atoms with Gasteiger partial charge in [0.2, 0.25) is 0 Å². The van der Waals surface area contributed by atoms with Crippen LogP contribution in [0.1, 0.15) is 19.4 Å². The Hall–Kier alpha value is -1.45. The molecular weight excluding hydrogens is 260 g/mol. The fourth-order valence-electron chi connectivity index (χ4n) is 2.16. The van der Waals surface area contributed by atoms with E-state index in [0.717, 1.165) is 25.2 Å². The third-order valence-corrected chi connectivity index (χ3v) is 3.49. The van der Waals surface area contributed by atoms with Gasteiger partial charge in [-0.05, 0) is 32.8 Å². The van der Waals surface area contributed by atoms with E-state index in [1.807, 2.05) is 50.3 Å². The maximum Gasteiger partial charge on any atom is 0.162 e. The van der Waals surface area contributed by atoms with E-state index in [9.17, 15) is 4.79 Å². The number of ketones is 1. The van der Waals surface area contributed by atoms with Gasteiger partial charge >= 0.3 is 0 Å². The highest BCUT2D eigenvalue weighted by Crippen LogP contribution is 2.19. The summed E-state index contributed by atoms with van der Waals surface area (Å²) in [6.45, 7) is 6.75. The Morgan fingerprint density at radius 2 is 1.71 bits per heavy atom. The van der Waals surface area contributed by atoms with Gasteiger partial charge in [-0.15, -0.1) is 0 Å². The Morgan fingerprint density at radius 3 is 2.29 bits per heavy atom. The standard InChI is InChI=1S/C18H28N2O/c1-18(2,15-20(5)14-13-19(3)4)17(21)12-11-16-9-7-6-8-10-16/h6-12H,13-15H2,1-5H3/b12-11-. The van der Waals surface area contributed by atoms with Crippen LogP contribution in [0.2, 0.25) is 0 Å². The van der Waals surface area contributed by atoms with Crippen LogP contribution < -0.4 is 0 Å². The molecule has 0 N–H and O–H groups in total. The van der Waals surface area contributed by atoms with Crippen molar-refractivity contribution in [1.29, 1.82) is 0 Å². The average Bonchev–Trinajstić information content (AvgIpc) is 2.43. The second-order valence-corrected chi connectivity index (χ2v) is 6.53. The van der Waals surface area contributed by atoms with Crippen molar-refractivity contribution in [2.75, 3.05) is 40.8 Å². The van der Waals surface area contributed by atoms with Gasteiger partial charge in [0.25, 0.3) is 0 Å². The molecule has 0 aliphatic carbocycles. The second-order valence-electron chi connectivity index (χ2n) is 6.53. The van der Waals surface area contributed by atoms with E-state index < -0.39 is 0 Å². The molecule has 0 aromatic heterocycles. The number of allylic oxidation sites excluding steroid dienone is 1. The normalized spacial score (nSPS) is 12.5. The number of benzene rings is 1. The van der Waals surface area contributed by atoms with Gasteiger partial charge in [0, 0.05) is 25.0 Å². The second kappa shape index (κ2) is 8.11. The van der Waals surface area contributed by atoms with Gasteiger partial charge in [-0.3, -0.25) is 4.79 Å². The van der Waals surface area contributed by atoms with Crippen LogP contribution in [0.25, 0.3) is 6.08 Å². The highest BCUT2D eigenvalue weighted by atomic mass is 16.1. The molecule has 0 heterocycles. The van der Waals surface area contributed by atoms with E-state index in [2.05, 4.69) is 30.9 Å². The molecule has 0 amide bonds. The van der Waals surface area contributed by atoms with Gasteiger partial charge in [-0.1, -0.05) is 50.3 Å². The Kier molecular flexibility index (Phi) is 6.79. The molecule has 116 valence electrons. The molecule has 0 bridgehead atoms. The Labute approximate surface area is 129 Å². The number of carbonyl (C=O) groups excluding carboxylic acids is 1. The maximum absolute atomic E-state index is 12.4. The molecule has 0 radical (unpaired) electrons. The van der Waals surface area contributed by atoms with Crippen LogP contribution in [0.15, 0.2) is 36.4 Å². The average molecular weight is 288 g/mol. The molecule has 0 saturated carbocycles. The van der Waals surface area contributed by atoms with Crippen molar-refractivity contribution in [3.05, 3.63) is 42.0 Å². The molecule has 1 rings (SSSR count). The topological polar surface area (TPSA) is 23.6 Å². The summed E-state index contributed by atoms with van der Waals surface area (Å²) in [5, 5.41) is 0. The van der Waals surface area contributed by atoms with E-state index in [-0.39, 0.29) is 11.2 Å². The predicted molar refractivity (Wildman–Crippen MR) is 90.3 cm³/mol. The van der Waals surface area contributed by atoms with E-state index in [0.29, 0.717) is 0 Å². The van der Waals surface area contributed by atoms with E-state index in [1.165, 1.54) is 0 Å². The Balaban J connectivity index is 2.56. The number of rotatable bonds is 8. The van der Waals surface area contributed by atoms with Crippen LogP contribution >= 0.6 is 0 Å². The minimum atomic E-state index is -0.369. The van der Waals surface area contributed by atoms with E-state index >= 15 is 0 Å². The third kappa shape index (κ3) is 6.69. The van der Waals surface area contributed by atoms with Crippen LogP contribution in [0.5, 0.6) is 0 Å². The van der Waals surface area contributed by atoms with Crippen LogP contribution in [-0.4, -0.2) is 56.4 Å². The van der Waals surface area contributed by atoms with Crippen LogP contribution in [0.3, 0.4) is 0 Å². The van der Waals surface area contributed by atoms with Crippen molar-refractivity contribution in [3.63, 3.8) is 0 Å². The summed E-state index contributed by atoms with van der Waals surface area (Å²) >= 11 is 0. The molecule has 3 heteroatoms. The van der Waals surface area contributed by atoms with Crippen molar-refractivity contribution in [2.24, 2.45) is 5.41 Å². The molecule has 0 aliphatic heterocycles. The summed E-state index contributed by atoms with van der Waals surface area (Å²) in [6, 6.07) is 9.93. The molecule has 0 unspecified atom stereocenters. The lowest BCUT2D eigenvalue weighted by Gasteiger charge is -2.28. The van der Waals surface area contributed by atoms with Gasteiger partial charge in [0.05, 0.1) is 0 Å². The molecule has 0 aliphatic rings. The van der Waals surface area contributed by atoms with E-state index in [4.69, 9.17) is 0 Å². The Morgan fingerprint density at radius 1 is 1.10 bits per heavy atom. The summed E-state index contributed by atoms with van der Waals surface area (Å²) in [5.41, 5.74) is 0.689. The molecule has 0 atom stereocenters. The smallest absolute Gasteiger partial charge is 0.162 e. The summed E-state index contributed by atoms with van der Waals surface area (Å²) in [5.74, 6) is 0.169. The highest BCUT2D eigenvalue weighted by molar-refractivity contribution is 5.97. The minimum absolute atomic E-state index is 0.169.